The summed E-state index contributed by atoms with van der Waals surface area (Å²) in [7, 11) is 0. The Labute approximate surface area is 213 Å². The molecule has 0 N–H and O–H groups in total. The van der Waals surface area contributed by atoms with Gasteiger partial charge in [-0.1, -0.05) is 77.3 Å². The predicted octanol–water partition coefficient (Wildman–Crippen LogP) is 6.27. The van der Waals surface area contributed by atoms with Gasteiger partial charge in [0.05, 0.1) is 27.1 Å². The Balaban J connectivity index is 1.64. The van der Waals surface area contributed by atoms with Crippen LogP contribution in [0.3, 0.4) is 0 Å². The van der Waals surface area contributed by atoms with Crippen molar-refractivity contribution < 1.29 is 14.3 Å². The highest BCUT2D eigenvalue weighted by atomic mass is 35.5. The van der Waals surface area contributed by atoms with Crippen molar-refractivity contribution in [3.05, 3.63) is 103 Å². The van der Waals surface area contributed by atoms with Crippen molar-refractivity contribution in [2.75, 3.05) is 0 Å². The topological polar surface area (TPSA) is 65.4 Å². The van der Waals surface area contributed by atoms with Crippen LogP contribution >= 0.6 is 46.6 Å². The fourth-order valence-electron chi connectivity index (χ4n) is 3.84. The summed E-state index contributed by atoms with van der Waals surface area (Å²) in [4.78, 5) is 40.4. The van der Waals surface area contributed by atoms with Gasteiger partial charge in [0.15, 0.2) is 16.8 Å². The maximum Gasteiger partial charge on any atom is 0.332 e. The smallest absolute Gasteiger partial charge is 0.332 e. The van der Waals surface area contributed by atoms with Gasteiger partial charge in [0, 0.05) is 10.3 Å². The van der Waals surface area contributed by atoms with E-state index in [-0.39, 0.29) is 32.9 Å². The fourth-order valence-corrected chi connectivity index (χ4v) is 5.56. The number of carbonyl (C=O) groups excluding carboxylic acids is 2. The molecule has 0 fully saturated rings. The van der Waals surface area contributed by atoms with Gasteiger partial charge in [0.2, 0.25) is 0 Å². The molecule has 1 aliphatic rings. The number of thioether (sulfide) groups is 1. The Hall–Kier alpha value is -2.77. The number of ketones is 1. The zero-order valence-corrected chi connectivity index (χ0v) is 20.3. The molecule has 0 amide bonds. The number of halogens is 3. The van der Waals surface area contributed by atoms with Crippen LogP contribution in [-0.2, 0) is 11.3 Å². The second-order valence-corrected chi connectivity index (χ2v) is 9.95. The molecule has 1 atom stereocenters. The lowest BCUT2D eigenvalue weighted by Crippen LogP contribution is -2.41. The summed E-state index contributed by atoms with van der Waals surface area (Å²) in [5, 5.41) is -0.117. The number of hydrogen-bond acceptors (Lipinski definition) is 5. The number of benzene rings is 3. The molecule has 0 bridgehead atoms. The van der Waals surface area contributed by atoms with E-state index in [0.29, 0.717) is 15.8 Å². The van der Waals surface area contributed by atoms with Gasteiger partial charge in [-0.15, -0.1) is 11.8 Å². The van der Waals surface area contributed by atoms with E-state index in [2.05, 4.69) is 0 Å². The van der Waals surface area contributed by atoms with Crippen LogP contribution in [-0.4, -0.2) is 21.6 Å². The molecule has 4 aromatic rings. The van der Waals surface area contributed by atoms with Gasteiger partial charge in [-0.2, -0.15) is 0 Å². The highest BCUT2D eigenvalue weighted by Gasteiger charge is 2.41. The van der Waals surface area contributed by atoms with E-state index in [1.165, 1.54) is 16.7 Å². The van der Waals surface area contributed by atoms with Crippen LogP contribution < -0.4 is 10.3 Å². The molecule has 5 rings (SSSR count). The van der Waals surface area contributed by atoms with Crippen LogP contribution in [0.25, 0.3) is 10.9 Å². The third-order valence-electron chi connectivity index (χ3n) is 5.43. The SMILES string of the molecule is O=C1Oc2c(c(=O)n(Cc3ccccc3)c3ccccc23)C(=O)C1Sc1cc(Cl)c(Cl)cc1Cl. The van der Waals surface area contributed by atoms with Gasteiger partial charge in [0.25, 0.3) is 5.56 Å². The monoisotopic (exact) mass is 529 g/mol. The number of aromatic nitrogens is 1. The molecule has 0 saturated carbocycles. The largest absolute Gasteiger partial charge is 0.424 e. The van der Waals surface area contributed by atoms with Gasteiger partial charge in [0.1, 0.15) is 5.56 Å². The molecule has 0 radical (unpaired) electrons. The first kappa shape index (κ1) is 23.0. The standard InChI is InChI=1S/C25H14Cl3NO4S/c26-15-10-17(28)19(11-16(15)27)34-23-21(30)20-22(33-25(23)32)14-8-4-5-9-18(14)29(24(20)31)12-13-6-2-1-3-7-13/h1-11,23H,12H2. The molecule has 9 heteroatoms. The van der Waals surface area contributed by atoms with Crippen molar-refractivity contribution in [2.24, 2.45) is 0 Å². The van der Waals surface area contributed by atoms with E-state index in [0.717, 1.165) is 17.3 Å². The van der Waals surface area contributed by atoms with Crippen molar-refractivity contribution in [1.82, 2.24) is 4.57 Å². The first-order chi connectivity index (χ1) is 16.3. The summed E-state index contributed by atoms with van der Waals surface area (Å²) in [6, 6.07) is 19.4. The van der Waals surface area contributed by atoms with Gasteiger partial charge in [-0.05, 0) is 29.8 Å². The van der Waals surface area contributed by atoms with Gasteiger partial charge >= 0.3 is 5.97 Å². The zero-order chi connectivity index (χ0) is 24.0. The number of esters is 1. The number of Topliss-reactive ketones (excluding diaryl/α,β-unsaturated/α-hetero) is 1. The summed E-state index contributed by atoms with van der Waals surface area (Å²) in [6.07, 6.45) is 0. The van der Waals surface area contributed by atoms with Gasteiger partial charge in [-0.3, -0.25) is 9.59 Å². The van der Waals surface area contributed by atoms with Gasteiger partial charge < -0.3 is 9.30 Å². The highest BCUT2D eigenvalue weighted by molar-refractivity contribution is 8.01. The van der Waals surface area contributed by atoms with Gasteiger partial charge in [-0.25, -0.2) is 4.79 Å². The maximum atomic E-state index is 13.6. The van der Waals surface area contributed by atoms with Crippen LogP contribution in [0.15, 0.2) is 76.4 Å². The lowest BCUT2D eigenvalue weighted by Gasteiger charge is -2.24. The Morgan fingerprint density at radius 1 is 0.853 bits per heavy atom. The van der Waals surface area contributed by atoms with Crippen LogP contribution in [0.4, 0.5) is 0 Å². The van der Waals surface area contributed by atoms with E-state index < -0.39 is 22.6 Å². The molecule has 0 saturated heterocycles. The van der Waals surface area contributed by atoms with Crippen molar-refractivity contribution in [3.8, 4) is 5.75 Å². The maximum absolute atomic E-state index is 13.6. The molecule has 5 nitrogen and oxygen atoms in total. The minimum absolute atomic E-state index is 0.0167. The number of nitrogens with zero attached hydrogens (tertiary/aromatic N) is 1. The van der Waals surface area contributed by atoms with Crippen molar-refractivity contribution >= 4 is 69.2 Å². The minimum Gasteiger partial charge on any atom is -0.424 e. The third-order valence-corrected chi connectivity index (χ3v) is 7.81. The molecule has 170 valence electrons. The predicted molar refractivity (Wildman–Crippen MR) is 135 cm³/mol. The second-order valence-electron chi connectivity index (χ2n) is 7.58. The molecule has 1 unspecified atom stereocenters. The normalized spacial score (nSPS) is 15.3. The Morgan fingerprint density at radius 3 is 2.29 bits per heavy atom. The number of rotatable bonds is 4. The first-order valence-electron chi connectivity index (χ1n) is 10.1. The number of ether oxygens (including phenoxy) is 1. The Morgan fingerprint density at radius 2 is 1.53 bits per heavy atom. The molecule has 2 heterocycles. The molecule has 1 aromatic heterocycles. The highest BCUT2D eigenvalue weighted by Crippen LogP contribution is 2.41. The first-order valence-corrected chi connectivity index (χ1v) is 12.1. The van der Waals surface area contributed by atoms with E-state index in [4.69, 9.17) is 39.5 Å². The van der Waals surface area contributed by atoms with Crippen LogP contribution in [0.2, 0.25) is 15.1 Å². The molecule has 0 aliphatic carbocycles. The molecule has 34 heavy (non-hydrogen) atoms. The quantitative estimate of drug-likeness (QED) is 0.177. The van der Waals surface area contributed by atoms with E-state index in [1.807, 2.05) is 30.3 Å². The zero-order valence-electron chi connectivity index (χ0n) is 17.3. The summed E-state index contributed by atoms with van der Waals surface area (Å²) in [6.45, 7) is 0.255. The van der Waals surface area contributed by atoms with Crippen LogP contribution in [0.5, 0.6) is 5.75 Å². The molecular formula is C25H14Cl3NO4S. The second kappa shape index (κ2) is 9.12. The minimum atomic E-state index is -1.32. The summed E-state index contributed by atoms with van der Waals surface area (Å²) < 4.78 is 7.11. The third kappa shape index (κ3) is 4.01. The molecule has 3 aromatic carbocycles. The summed E-state index contributed by atoms with van der Waals surface area (Å²) >= 11 is 19.2. The Kier molecular flexibility index (Phi) is 6.16. The van der Waals surface area contributed by atoms with Crippen LogP contribution in [0.1, 0.15) is 15.9 Å². The Bertz CT molecular complexity index is 1540. The number of carbonyl (C=O) groups is 2. The fraction of sp³-hybridized carbons (Fsp3) is 0.0800. The average molecular weight is 531 g/mol. The van der Waals surface area contributed by atoms with Crippen LogP contribution in [0, 0.1) is 0 Å². The number of fused-ring (bicyclic) bond motifs is 3. The average Bonchev–Trinajstić information content (AvgIpc) is 2.83. The van der Waals surface area contributed by atoms with E-state index >= 15 is 0 Å². The van der Waals surface area contributed by atoms with Crippen molar-refractivity contribution in [3.63, 3.8) is 0 Å². The molecule has 1 aliphatic heterocycles. The van der Waals surface area contributed by atoms with Crippen molar-refractivity contribution in [2.45, 2.75) is 16.7 Å². The summed E-state index contributed by atoms with van der Waals surface area (Å²) in [5.41, 5.74) is 0.765. The lowest BCUT2D eigenvalue weighted by molar-refractivity contribution is -0.133. The lowest BCUT2D eigenvalue weighted by atomic mass is 10.0. The van der Waals surface area contributed by atoms with Crippen molar-refractivity contribution in [1.29, 1.82) is 0 Å². The number of para-hydroxylation sites is 1. The number of hydrogen-bond donors (Lipinski definition) is 0. The number of pyridine rings is 1. The van der Waals surface area contributed by atoms with E-state index in [1.54, 1.807) is 24.3 Å². The van der Waals surface area contributed by atoms with E-state index in [9.17, 15) is 14.4 Å². The molecule has 0 spiro atoms. The summed E-state index contributed by atoms with van der Waals surface area (Å²) in [5.74, 6) is -1.44. The molecular weight excluding hydrogens is 517 g/mol.